The fourth-order valence-corrected chi connectivity index (χ4v) is 2.03. The fourth-order valence-electron chi connectivity index (χ4n) is 2.03. The summed E-state index contributed by atoms with van der Waals surface area (Å²) in [6.07, 6.45) is 3.84. The maximum atomic E-state index is 12.8. The molecular formula is C17H11FN4. The largest absolute Gasteiger partial charge is 0.247 e. The molecule has 0 atom stereocenters. The molecule has 4 nitrogen and oxygen atoms in total. The van der Waals surface area contributed by atoms with E-state index >= 15 is 0 Å². The van der Waals surface area contributed by atoms with Gasteiger partial charge in [0.05, 0.1) is 0 Å². The third kappa shape index (κ3) is 2.91. The molecule has 0 radical (unpaired) electrons. The highest BCUT2D eigenvalue weighted by molar-refractivity contribution is 5.72. The molecule has 0 aliphatic carbocycles. The molecule has 5 heteroatoms. The van der Waals surface area contributed by atoms with Gasteiger partial charge in [-0.1, -0.05) is 53.8 Å². The molecular weight excluding hydrogens is 279 g/mol. The van der Waals surface area contributed by atoms with E-state index in [4.69, 9.17) is 5.26 Å². The molecule has 106 valence electrons. The second kappa shape index (κ2) is 6.02. The number of H-pyrrole nitrogens is 1. The second-order valence-corrected chi connectivity index (χ2v) is 4.65. The van der Waals surface area contributed by atoms with Crippen LogP contribution in [-0.4, -0.2) is 15.4 Å². The number of nitriles is 1. The summed E-state index contributed by atoms with van der Waals surface area (Å²) in [5.74, 6) is -0.248. The summed E-state index contributed by atoms with van der Waals surface area (Å²) in [6.45, 7) is 0. The van der Waals surface area contributed by atoms with Crippen molar-refractivity contribution in [2.24, 2.45) is 0 Å². The average Bonchev–Trinajstić information content (AvgIpc) is 3.03. The van der Waals surface area contributed by atoms with Crippen molar-refractivity contribution in [3.63, 3.8) is 0 Å². The molecule has 2 aromatic carbocycles. The van der Waals surface area contributed by atoms with E-state index in [0.717, 1.165) is 16.7 Å². The lowest BCUT2D eigenvalue weighted by Crippen LogP contribution is -1.83. The summed E-state index contributed by atoms with van der Waals surface area (Å²) in [5, 5.41) is 19.0. The van der Waals surface area contributed by atoms with E-state index in [1.165, 1.54) is 12.1 Å². The van der Waals surface area contributed by atoms with E-state index in [-0.39, 0.29) is 5.82 Å². The lowest BCUT2D eigenvalue weighted by atomic mass is 10.1. The van der Waals surface area contributed by atoms with Gasteiger partial charge < -0.3 is 0 Å². The van der Waals surface area contributed by atoms with Crippen molar-refractivity contribution in [3.05, 3.63) is 71.2 Å². The molecule has 0 saturated carbocycles. The topological polar surface area (TPSA) is 65.4 Å². The predicted octanol–water partition coefficient (Wildman–Crippen LogP) is 3.65. The van der Waals surface area contributed by atoms with Crippen molar-refractivity contribution in [3.8, 4) is 17.3 Å². The van der Waals surface area contributed by atoms with Gasteiger partial charge >= 0.3 is 0 Å². The minimum absolute atomic E-state index is 0.248. The van der Waals surface area contributed by atoms with E-state index in [1.54, 1.807) is 12.1 Å². The molecule has 3 aromatic rings. The molecule has 0 aliphatic rings. The minimum Gasteiger partial charge on any atom is -0.247 e. The zero-order valence-corrected chi connectivity index (χ0v) is 11.5. The monoisotopic (exact) mass is 290 g/mol. The Labute approximate surface area is 126 Å². The predicted molar refractivity (Wildman–Crippen MR) is 81.9 cm³/mol. The zero-order chi connectivity index (χ0) is 15.4. The van der Waals surface area contributed by atoms with Gasteiger partial charge in [0, 0.05) is 5.56 Å². The third-order valence-electron chi connectivity index (χ3n) is 3.18. The van der Waals surface area contributed by atoms with E-state index in [0.29, 0.717) is 11.4 Å². The average molecular weight is 290 g/mol. The lowest BCUT2D eigenvalue weighted by Gasteiger charge is -1.98. The normalized spacial score (nSPS) is 10.7. The first kappa shape index (κ1) is 13.7. The molecule has 0 amide bonds. The number of rotatable bonds is 3. The van der Waals surface area contributed by atoms with E-state index in [1.807, 2.05) is 42.5 Å². The van der Waals surface area contributed by atoms with Crippen molar-refractivity contribution in [2.45, 2.75) is 0 Å². The zero-order valence-electron chi connectivity index (χ0n) is 11.5. The summed E-state index contributed by atoms with van der Waals surface area (Å²) in [4.78, 5) is 0. The number of hydrogen-bond donors (Lipinski definition) is 1. The molecule has 1 aromatic heterocycles. The van der Waals surface area contributed by atoms with Crippen molar-refractivity contribution >= 4 is 12.2 Å². The highest BCUT2D eigenvalue weighted by atomic mass is 19.1. The molecule has 0 saturated heterocycles. The van der Waals surface area contributed by atoms with Crippen LogP contribution in [0.15, 0.2) is 48.5 Å². The first-order valence-corrected chi connectivity index (χ1v) is 6.61. The highest BCUT2D eigenvalue weighted by Gasteiger charge is 2.08. The Morgan fingerprint density at radius 3 is 2.14 bits per heavy atom. The molecule has 0 spiro atoms. The smallest absolute Gasteiger partial charge is 0.163 e. The van der Waals surface area contributed by atoms with Gasteiger partial charge in [0.1, 0.15) is 17.6 Å². The van der Waals surface area contributed by atoms with E-state index in [2.05, 4.69) is 15.4 Å². The minimum atomic E-state index is -0.248. The Morgan fingerprint density at radius 2 is 1.55 bits per heavy atom. The van der Waals surface area contributed by atoms with Crippen LogP contribution in [0.2, 0.25) is 0 Å². The van der Waals surface area contributed by atoms with Gasteiger partial charge in [-0.05, 0) is 23.3 Å². The Morgan fingerprint density at radius 1 is 0.955 bits per heavy atom. The Balaban J connectivity index is 1.80. The maximum absolute atomic E-state index is 12.8. The second-order valence-electron chi connectivity index (χ2n) is 4.65. The maximum Gasteiger partial charge on any atom is 0.163 e. The molecule has 22 heavy (non-hydrogen) atoms. The number of benzene rings is 2. The SMILES string of the molecule is N#Cc1[nH]nnc1-c1ccc(/C=C/c2ccc(F)cc2)cc1. The molecule has 0 fully saturated rings. The quantitative estimate of drug-likeness (QED) is 0.749. The van der Waals surface area contributed by atoms with Gasteiger partial charge in [-0.15, -0.1) is 5.10 Å². The molecule has 1 heterocycles. The van der Waals surface area contributed by atoms with Crippen molar-refractivity contribution in [1.82, 2.24) is 15.4 Å². The Hall–Kier alpha value is -3.26. The van der Waals surface area contributed by atoms with Crippen LogP contribution in [0.25, 0.3) is 23.4 Å². The molecule has 0 aliphatic heterocycles. The number of aromatic nitrogens is 3. The standard InChI is InChI=1S/C17H11FN4/c18-15-9-5-13(6-10-15)2-1-12-3-7-14(8-4-12)17-16(11-19)20-22-21-17/h1-10H,(H,20,21,22)/b2-1+. The van der Waals surface area contributed by atoms with E-state index in [9.17, 15) is 4.39 Å². The van der Waals surface area contributed by atoms with Crippen molar-refractivity contribution in [2.75, 3.05) is 0 Å². The number of nitrogens with one attached hydrogen (secondary N) is 1. The van der Waals surface area contributed by atoms with Crippen LogP contribution in [0.4, 0.5) is 4.39 Å². The van der Waals surface area contributed by atoms with Crippen molar-refractivity contribution in [1.29, 1.82) is 5.26 Å². The van der Waals surface area contributed by atoms with E-state index < -0.39 is 0 Å². The summed E-state index contributed by atoms with van der Waals surface area (Å²) in [6, 6.07) is 15.9. The number of aromatic amines is 1. The van der Waals surface area contributed by atoms with Crippen LogP contribution in [0.3, 0.4) is 0 Å². The highest BCUT2D eigenvalue weighted by Crippen LogP contribution is 2.20. The van der Waals surface area contributed by atoms with Gasteiger partial charge in [-0.3, -0.25) is 0 Å². The summed E-state index contributed by atoms with van der Waals surface area (Å²) >= 11 is 0. The van der Waals surface area contributed by atoms with Gasteiger partial charge in [-0.25, -0.2) is 9.49 Å². The number of nitrogens with zero attached hydrogens (tertiary/aromatic N) is 3. The summed E-state index contributed by atoms with van der Waals surface area (Å²) in [7, 11) is 0. The van der Waals surface area contributed by atoms with Gasteiger partial charge in [-0.2, -0.15) is 5.26 Å². The third-order valence-corrected chi connectivity index (χ3v) is 3.18. The number of halogens is 1. The van der Waals surface area contributed by atoms with Crippen LogP contribution in [-0.2, 0) is 0 Å². The Kier molecular flexibility index (Phi) is 3.75. The van der Waals surface area contributed by atoms with Crippen LogP contribution >= 0.6 is 0 Å². The van der Waals surface area contributed by atoms with Crippen molar-refractivity contribution < 1.29 is 4.39 Å². The first-order valence-electron chi connectivity index (χ1n) is 6.61. The van der Waals surface area contributed by atoms with Crippen LogP contribution in [0.5, 0.6) is 0 Å². The van der Waals surface area contributed by atoms with Gasteiger partial charge in [0.15, 0.2) is 5.69 Å². The molecule has 0 bridgehead atoms. The van der Waals surface area contributed by atoms with Gasteiger partial charge in [0.2, 0.25) is 0 Å². The van der Waals surface area contributed by atoms with Crippen LogP contribution < -0.4 is 0 Å². The molecule has 1 N–H and O–H groups in total. The fraction of sp³-hybridized carbons (Fsp3) is 0. The van der Waals surface area contributed by atoms with Gasteiger partial charge in [0.25, 0.3) is 0 Å². The van der Waals surface area contributed by atoms with Crippen LogP contribution in [0.1, 0.15) is 16.8 Å². The molecule has 0 unspecified atom stereocenters. The Bertz CT molecular complexity index is 840. The summed E-state index contributed by atoms with van der Waals surface area (Å²) < 4.78 is 12.8. The summed E-state index contributed by atoms with van der Waals surface area (Å²) in [5.41, 5.74) is 3.62. The number of hydrogen-bond acceptors (Lipinski definition) is 3. The molecule has 3 rings (SSSR count). The van der Waals surface area contributed by atoms with Crippen LogP contribution in [0, 0.1) is 17.1 Å². The lowest BCUT2D eigenvalue weighted by molar-refractivity contribution is 0.628. The first-order chi connectivity index (χ1) is 10.8.